The highest BCUT2D eigenvalue weighted by Gasteiger charge is 2.59. The number of hydrogen-bond donors (Lipinski definition) is 3. The molecule has 3 rings (SSSR count). The smallest absolute Gasteiger partial charge is 0.213 e. The van der Waals surface area contributed by atoms with Crippen LogP contribution < -0.4 is 15.4 Å². The molecular weight excluding hydrogens is 519 g/mol. The maximum atomic E-state index is 12.3. The maximum Gasteiger partial charge on any atom is 0.213 e. The van der Waals surface area contributed by atoms with E-state index < -0.39 is 10.0 Å². The lowest BCUT2D eigenvalue weighted by molar-refractivity contribution is -0.168. The summed E-state index contributed by atoms with van der Waals surface area (Å²) in [5.41, 5.74) is 0.236. The van der Waals surface area contributed by atoms with Gasteiger partial charge in [-0.2, -0.15) is 0 Å². The highest BCUT2D eigenvalue weighted by atomic mass is 127. The SMILES string of the molecule is CCNC(=NCCS(=O)(=O)NCC1CCCCO1)NC1CC(OCC)C12CCC2.I. The van der Waals surface area contributed by atoms with Crippen molar-refractivity contribution < 1.29 is 17.9 Å². The molecular formula is C20H39IN4O4S. The lowest BCUT2D eigenvalue weighted by Crippen LogP contribution is -2.68. The van der Waals surface area contributed by atoms with E-state index in [4.69, 9.17) is 9.47 Å². The number of ether oxygens (including phenoxy) is 2. The van der Waals surface area contributed by atoms with Crippen molar-refractivity contribution in [2.24, 2.45) is 10.4 Å². The van der Waals surface area contributed by atoms with Crippen LogP contribution in [0.4, 0.5) is 0 Å². The van der Waals surface area contributed by atoms with Crippen molar-refractivity contribution in [3.05, 3.63) is 0 Å². The van der Waals surface area contributed by atoms with Crippen LogP contribution in [0, 0.1) is 5.41 Å². The van der Waals surface area contributed by atoms with Crippen LogP contribution in [0.3, 0.4) is 0 Å². The fraction of sp³-hybridized carbons (Fsp3) is 0.950. The second-order valence-electron chi connectivity index (χ2n) is 8.38. The minimum atomic E-state index is -3.36. The van der Waals surface area contributed by atoms with E-state index >= 15 is 0 Å². The standard InChI is InChI=1S/C20H38N4O4S.HI/c1-3-21-19(24-17-14-18(27-4-2)20(17)9-7-10-20)22-11-13-29(25,26)23-15-16-8-5-6-12-28-16;/h16-18,23H,3-15H2,1-2H3,(H2,21,22,24);1H. The van der Waals surface area contributed by atoms with Gasteiger partial charge in [-0.25, -0.2) is 13.1 Å². The Morgan fingerprint density at radius 2 is 2.03 bits per heavy atom. The van der Waals surface area contributed by atoms with Crippen LogP contribution >= 0.6 is 24.0 Å². The fourth-order valence-corrected chi connectivity index (χ4v) is 5.58. The number of guanidine groups is 1. The molecule has 0 aromatic carbocycles. The molecule has 1 heterocycles. The summed E-state index contributed by atoms with van der Waals surface area (Å²) in [6, 6.07) is 0.351. The third kappa shape index (κ3) is 6.66. The Morgan fingerprint density at radius 1 is 1.23 bits per heavy atom. The molecule has 0 radical (unpaired) electrons. The van der Waals surface area contributed by atoms with Crippen molar-refractivity contribution in [1.29, 1.82) is 0 Å². The summed E-state index contributed by atoms with van der Waals surface area (Å²) in [5.74, 6) is 0.678. The lowest BCUT2D eigenvalue weighted by atomic mass is 9.51. The predicted molar refractivity (Wildman–Crippen MR) is 130 cm³/mol. The Hall–Kier alpha value is -0.170. The molecule has 1 spiro atoms. The summed E-state index contributed by atoms with van der Waals surface area (Å²) in [6.07, 6.45) is 8.04. The maximum absolute atomic E-state index is 12.3. The van der Waals surface area contributed by atoms with Crippen molar-refractivity contribution in [3.8, 4) is 0 Å². The summed E-state index contributed by atoms with van der Waals surface area (Å²) >= 11 is 0. The fourth-order valence-electron chi connectivity index (χ4n) is 4.66. The van der Waals surface area contributed by atoms with Crippen molar-refractivity contribution >= 4 is 40.0 Å². The average Bonchev–Trinajstić information content (AvgIpc) is 2.65. The first-order valence-electron chi connectivity index (χ1n) is 11.2. The van der Waals surface area contributed by atoms with E-state index in [1.54, 1.807) is 0 Å². The Labute approximate surface area is 198 Å². The van der Waals surface area contributed by atoms with Gasteiger partial charge >= 0.3 is 0 Å². The molecule has 3 unspecified atom stereocenters. The van der Waals surface area contributed by atoms with E-state index in [1.807, 2.05) is 13.8 Å². The molecule has 1 saturated heterocycles. The Morgan fingerprint density at radius 3 is 2.63 bits per heavy atom. The molecule has 0 aromatic rings. The number of nitrogens with one attached hydrogen (secondary N) is 3. The Bertz CT molecular complexity index is 651. The van der Waals surface area contributed by atoms with E-state index in [0.717, 1.165) is 45.4 Å². The molecule has 3 aliphatic rings. The number of nitrogens with zero attached hydrogens (tertiary/aromatic N) is 1. The van der Waals surface area contributed by atoms with Crippen LogP contribution in [0.15, 0.2) is 4.99 Å². The third-order valence-electron chi connectivity index (χ3n) is 6.53. The van der Waals surface area contributed by atoms with Gasteiger partial charge in [0.1, 0.15) is 0 Å². The Kier molecular flexibility index (Phi) is 10.6. The summed E-state index contributed by atoms with van der Waals surface area (Å²) in [6.45, 7) is 6.87. The predicted octanol–water partition coefficient (Wildman–Crippen LogP) is 2.00. The van der Waals surface area contributed by atoms with Gasteiger partial charge < -0.3 is 20.1 Å². The third-order valence-corrected chi connectivity index (χ3v) is 7.85. The zero-order valence-electron chi connectivity index (χ0n) is 18.3. The lowest BCUT2D eigenvalue weighted by Gasteiger charge is -2.61. The van der Waals surface area contributed by atoms with E-state index in [-0.39, 0.29) is 47.8 Å². The summed E-state index contributed by atoms with van der Waals surface area (Å²) in [4.78, 5) is 4.51. The van der Waals surface area contributed by atoms with Crippen molar-refractivity contribution in [2.75, 3.05) is 38.6 Å². The van der Waals surface area contributed by atoms with Gasteiger partial charge in [0.25, 0.3) is 0 Å². The molecule has 2 saturated carbocycles. The molecule has 2 aliphatic carbocycles. The molecule has 3 fully saturated rings. The van der Waals surface area contributed by atoms with Crippen LogP contribution in [0.1, 0.15) is 58.8 Å². The number of rotatable bonds is 10. The molecule has 1 aliphatic heterocycles. The highest BCUT2D eigenvalue weighted by molar-refractivity contribution is 14.0. The van der Waals surface area contributed by atoms with Gasteiger partial charge in [0.15, 0.2) is 5.96 Å². The molecule has 30 heavy (non-hydrogen) atoms. The van der Waals surface area contributed by atoms with Gasteiger partial charge in [-0.3, -0.25) is 4.99 Å². The molecule has 176 valence electrons. The van der Waals surface area contributed by atoms with Gasteiger partial charge in [-0.15, -0.1) is 24.0 Å². The topological polar surface area (TPSA) is 101 Å². The quantitative estimate of drug-likeness (QED) is 0.216. The van der Waals surface area contributed by atoms with Gasteiger partial charge in [-0.1, -0.05) is 6.42 Å². The van der Waals surface area contributed by atoms with Crippen molar-refractivity contribution in [3.63, 3.8) is 0 Å². The summed E-state index contributed by atoms with van der Waals surface area (Å²) in [7, 11) is -3.36. The minimum Gasteiger partial charge on any atom is -0.378 e. The molecule has 0 amide bonds. The van der Waals surface area contributed by atoms with Crippen molar-refractivity contribution in [2.45, 2.75) is 77.0 Å². The molecule has 8 nitrogen and oxygen atoms in total. The number of halogens is 1. The average molecular weight is 559 g/mol. The van der Waals surface area contributed by atoms with Crippen molar-refractivity contribution in [1.82, 2.24) is 15.4 Å². The first-order chi connectivity index (χ1) is 14.0. The van der Waals surface area contributed by atoms with E-state index in [2.05, 4.69) is 20.3 Å². The van der Waals surface area contributed by atoms with E-state index in [0.29, 0.717) is 24.7 Å². The molecule has 3 atom stereocenters. The van der Waals surface area contributed by atoms with Gasteiger partial charge in [-0.05, 0) is 52.4 Å². The number of aliphatic imine (C=N–C) groups is 1. The van der Waals surface area contributed by atoms with E-state index in [1.165, 1.54) is 19.3 Å². The summed E-state index contributed by atoms with van der Waals surface area (Å²) < 4.78 is 38.7. The number of sulfonamides is 1. The molecule has 0 bridgehead atoms. The zero-order chi connectivity index (χ0) is 20.7. The highest BCUT2D eigenvalue weighted by Crippen LogP contribution is 2.57. The van der Waals surface area contributed by atoms with Gasteiger partial charge in [0.05, 0.1) is 24.5 Å². The van der Waals surface area contributed by atoms with Crippen LogP contribution in [0.25, 0.3) is 0 Å². The van der Waals surface area contributed by atoms with Crippen LogP contribution in [-0.4, -0.2) is 71.2 Å². The van der Waals surface area contributed by atoms with Crippen LogP contribution in [-0.2, 0) is 19.5 Å². The summed E-state index contributed by atoms with van der Waals surface area (Å²) in [5, 5.41) is 6.78. The second-order valence-corrected chi connectivity index (χ2v) is 10.3. The van der Waals surface area contributed by atoms with Gasteiger partial charge in [0, 0.05) is 37.8 Å². The monoisotopic (exact) mass is 558 g/mol. The van der Waals surface area contributed by atoms with E-state index in [9.17, 15) is 8.42 Å². The Balaban J connectivity index is 0.00000320. The van der Waals surface area contributed by atoms with Crippen LogP contribution in [0.5, 0.6) is 0 Å². The second kappa shape index (κ2) is 12.2. The minimum absolute atomic E-state index is 0. The normalized spacial score (nSPS) is 28.2. The van der Waals surface area contributed by atoms with Gasteiger partial charge in [0.2, 0.25) is 10.0 Å². The molecule has 0 aromatic heterocycles. The molecule has 10 heteroatoms. The number of hydrogen-bond acceptors (Lipinski definition) is 5. The zero-order valence-corrected chi connectivity index (χ0v) is 21.5. The first kappa shape index (κ1) is 26.1. The van der Waals surface area contributed by atoms with Crippen LogP contribution in [0.2, 0.25) is 0 Å². The largest absolute Gasteiger partial charge is 0.378 e. The first-order valence-corrected chi connectivity index (χ1v) is 12.9. The molecule has 3 N–H and O–H groups in total.